The number of piperidine rings is 1. The van der Waals surface area contributed by atoms with Crippen molar-refractivity contribution < 1.29 is 28.6 Å². The van der Waals surface area contributed by atoms with E-state index in [1.165, 1.54) is 4.90 Å². The topological polar surface area (TPSA) is 108 Å². The van der Waals surface area contributed by atoms with Crippen LogP contribution in [0.25, 0.3) is 0 Å². The predicted octanol–water partition coefficient (Wildman–Crippen LogP) is 0.904. The van der Waals surface area contributed by atoms with Crippen LogP contribution in [-0.4, -0.2) is 56.6 Å². The predicted molar refractivity (Wildman–Crippen MR) is 97.3 cm³/mol. The number of hydrogen-bond donors (Lipinski definition) is 1. The monoisotopic (exact) mass is 378 g/mol. The standard InChI is InChI=1S/C19H26N2O6/c1-25-15-7-5-13(10-16(15)26-2)6-8-18(23)27-12-17(22)21-9-3-4-14(11-21)19(20)24/h5,7,10,14H,3-4,6,8-9,11-12H2,1-2H3,(H2,20,24)/t14-/m0/s1. The highest BCUT2D eigenvalue weighted by Crippen LogP contribution is 2.28. The number of hydrogen-bond acceptors (Lipinski definition) is 6. The number of amides is 2. The van der Waals surface area contributed by atoms with Crippen molar-refractivity contribution in [2.45, 2.75) is 25.7 Å². The Hall–Kier alpha value is -2.77. The molecule has 0 radical (unpaired) electrons. The number of ether oxygens (including phenoxy) is 3. The minimum atomic E-state index is -0.457. The number of nitrogens with two attached hydrogens (primary N) is 1. The number of carbonyl (C=O) groups excluding carboxylic acids is 3. The second-order valence-electron chi connectivity index (χ2n) is 6.43. The summed E-state index contributed by atoms with van der Waals surface area (Å²) in [5.74, 6) is -0.289. The second-order valence-corrected chi connectivity index (χ2v) is 6.43. The van der Waals surface area contributed by atoms with Crippen molar-refractivity contribution in [1.29, 1.82) is 0 Å². The molecule has 8 nitrogen and oxygen atoms in total. The van der Waals surface area contributed by atoms with Crippen molar-refractivity contribution in [3.8, 4) is 11.5 Å². The van der Waals surface area contributed by atoms with E-state index in [2.05, 4.69) is 0 Å². The van der Waals surface area contributed by atoms with Crippen LogP contribution < -0.4 is 15.2 Å². The van der Waals surface area contributed by atoms with E-state index in [0.717, 1.165) is 5.56 Å². The summed E-state index contributed by atoms with van der Waals surface area (Å²) in [5.41, 5.74) is 6.21. The number of nitrogens with zero attached hydrogens (tertiary/aromatic N) is 1. The normalized spacial score (nSPS) is 16.5. The molecule has 1 heterocycles. The molecule has 1 saturated heterocycles. The Kier molecular flexibility index (Phi) is 7.45. The van der Waals surface area contributed by atoms with Crippen LogP contribution in [0.2, 0.25) is 0 Å². The molecule has 0 unspecified atom stereocenters. The number of esters is 1. The van der Waals surface area contributed by atoms with E-state index in [0.29, 0.717) is 37.3 Å². The van der Waals surface area contributed by atoms with Crippen LogP contribution >= 0.6 is 0 Å². The van der Waals surface area contributed by atoms with Crippen LogP contribution in [0.5, 0.6) is 11.5 Å². The molecule has 1 fully saturated rings. The fourth-order valence-corrected chi connectivity index (χ4v) is 3.02. The van der Waals surface area contributed by atoms with Gasteiger partial charge in [0, 0.05) is 19.5 Å². The van der Waals surface area contributed by atoms with Gasteiger partial charge in [0.25, 0.3) is 5.91 Å². The largest absolute Gasteiger partial charge is 0.493 e. The fourth-order valence-electron chi connectivity index (χ4n) is 3.02. The smallest absolute Gasteiger partial charge is 0.306 e. The lowest BCUT2D eigenvalue weighted by Gasteiger charge is -2.31. The maximum absolute atomic E-state index is 12.2. The summed E-state index contributed by atoms with van der Waals surface area (Å²) in [6.07, 6.45) is 2.00. The van der Waals surface area contributed by atoms with E-state index in [9.17, 15) is 14.4 Å². The molecule has 1 aliphatic heterocycles. The van der Waals surface area contributed by atoms with E-state index < -0.39 is 11.9 Å². The summed E-state index contributed by atoms with van der Waals surface area (Å²) in [4.78, 5) is 36.9. The van der Waals surface area contributed by atoms with E-state index in [1.54, 1.807) is 26.4 Å². The molecule has 8 heteroatoms. The number of methoxy groups -OCH3 is 2. The first-order chi connectivity index (χ1) is 12.9. The summed E-state index contributed by atoms with van der Waals surface area (Å²) in [5, 5.41) is 0. The van der Waals surface area contributed by atoms with Crippen molar-refractivity contribution in [1.82, 2.24) is 4.90 Å². The van der Waals surface area contributed by atoms with E-state index in [4.69, 9.17) is 19.9 Å². The lowest BCUT2D eigenvalue weighted by molar-refractivity contribution is -0.153. The van der Waals surface area contributed by atoms with E-state index in [1.807, 2.05) is 6.07 Å². The molecule has 1 atom stereocenters. The molecule has 0 aromatic heterocycles. The molecule has 2 N–H and O–H groups in total. The van der Waals surface area contributed by atoms with Crippen molar-refractivity contribution in [2.75, 3.05) is 33.9 Å². The third-order valence-corrected chi connectivity index (χ3v) is 4.60. The lowest BCUT2D eigenvalue weighted by Crippen LogP contribution is -2.45. The minimum Gasteiger partial charge on any atom is -0.493 e. The van der Waals surface area contributed by atoms with Crippen LogP contribution in [0.3, 0.4) is 0 Å². The molecule has 0 spiro atoms. The van der Waals surface area contributed by atoms with Crippen LogP contribution in [0.4, 0.5) is 0 Å². The molecule has 1 aromatic carbocycles. The van der Waals surface area contributed by atoms with Gasteiger partial charge in [-0.25, -0.2) is 0 Å². The molecule has 1 aliphatic rings. The number of likely N-dealkylation sites (tertiary alicyclic amines) is 1. The van der Waals surface area contributed by atoms with Crippen molar-refractivity contribution in [3.05, 3.63) is 23.8 Å². The van der Waals surface area contributed by atoms with Gasteiger partial charge in [0.2, 0.25) is 5.91 Å². The Balaban J connectivity index is 1.77. The number of primary amides is 1. The zero-order valence-corrected chi connectivity index (χ0v) is 15.7. The van der Waals surface area contributed by atoms with E-state index in [-0.39, 0.29) is 31.4 Å². The van der Waals surface area contributed by atoms with Crippen molar-refractivity contribution in [2.24, 2.45) is 11.7 Å². The number of aryl methyl sites for hydroxylation is 1. The van der Waals surface area contributed by atoms with Crippen LogP contribution in [0.15, 0.2) is 18.2 Å². The van der Waals surface area contributed by atoms with Gasteiger partial charge in [0.15, 0.2) is 18.1 Å². The average Bonchev–Trinajstić information content (AvgIpc) is 2.70. The van der Waals surface area contributed by atoms with Gasteiger partial charge >= 0.3 is 5.97 Å². The quantitative estimate of drug-likeness (QED) is 0.674. The maximum Gasteiger partial charge on any atom is 0.306 e. The Bertz CT molecular complexity index is 691. The van der Waals surface area contributed by atoms with Crippen molar-refractivity contribution in [3.63, 3.8) is 0 Å². The molecule has 2 rings (SSSR count). The van der Waals surface area contributed by atoms with Crippen LogP contribution in [0.1, 0.15) is 24.8 Å². The minimum absolute atomic E-state index is 0.146. The molecule has 0 bridgehead atoms. The van der Waals surface area contributed by atoms with Gasteiger partial charge in [-0.05, 0) is 37.0 Å². The summed E-state index contributed by atoms with van der Waals surface area (Å²) in [6.45, 7) is 0.513. The average molecular weight is 378 g/mol. The molecule has 0 aliphatic carbocycles. The first kappa shape index (κ1) is 20.5. The number of benzene rings is 1. The lowest BCUT2D eigenvalue weighted by atomic mass is 9.97. The highest BCUT2D eigenvalue weighted by molar-refractivity contribution is 5.82. The molecule has 148 valence electrons. The third-order valence-electron chi connectivity index (χ3n) is 4.60. The van der Waals surface area contributed by atoms with Crippen LogP contribution in [0, 0.1) is 5.92 Å². The van der Waals surface area contributed by atoms with Gasteiger partial charge in [-0.2, -0.15) is 0 Å². The molecule has 2 amide bonds. The van der Waals surface area contributed by atoms with Crippen LogP contribution in [-0.2, 0) is 25.5 Å². The molecule has 27 heavy (non-hydrogen) atoms. The molecular weight excluding hydrogens is 352 g/mol. The van der Waals surface area contributed by atoms with Gasteiger partial charge in [-0.3, -0.25) is 14.4 Å². The highest BCUT2D eigenvalue weighted by atomic mass is 16.5. The second kappa shape index (κ2) is 9.80. The first-order valence-electron chi connectivity index (χ1n) is 8.88. The van der Waals surface area contributed by atoms with Gasteiger partial charge < -0.3 is 24.8 Å². The third kappa shape index (κ3) is 5.87. The van der Waals surface area contributed by atoms with Gasteiger partial charge in [0.05, 0.1) is 20.1 Å². The summed E-state index contributed by atoms with van der Waals surface area (Å²) in [7, 11) is 3.10. The fraction of sp³-hybridized carbons (Fsp3) is 0.526. The zero-order chi connectivity index (χ0) is 19.8. The number of rotatable bonds is 8. The van der Waals surface area contributed by atoms with Gasteiger partial charge in [0.1, 0.15) is 0 Å². The van der Waals surface area contributed by atoms with Crippen molar-refractivity contribution >= 4 is 17.8 Å². The van der Waals surface area contributed by atoms with Gasteiger partial charge in [-0.1, -0.05) is 6.07 Å². The molecule has 1 aromatic rings. The van der Waals surface area contributed by atoms with E-state index >= 15 is 0 Å². The Morgan fingerprint density at radius 2 is 1.93 bits per heavy atom. The summed E-state index contributed by atoms with van der Waals surface area (Å²) in [6, 6.07) is 5.42. The number of carbonyl (C=O) groups is 3. The Labute approximate surface area is 158 Å². The highest BCUT2D eigenvalue weighted by Gasteiger charge is 2.27. The SMILES string of the molecule is COc1ccc(CCC(=O)OCC(=O)N2CCC[C@H](C(N)=O)C2)cc1OC. The first-order valence-corrected chi connectivity index (χ1v) is 8.88. The molecule has 0 saturated carbocycles. The van der Waals surface area contributed by atoms with Gasteiger partial charge in [-0.15, -0.1) is 0 Å². The Morgan fingerprint density at radius 3 is 2.59 bits per heavy atom. The maximum atomic E-state index is 12.2. The Morgan fingerprint density at radius 1 is 1.19 bits per heavy atom. The summed E-state index contributed by atoms with van der Waals surface area (Å²) >= 11 is 0. The zero-order valence-electron chi connectivity index (χ0n) is 15.7. The summed E-state index contributed by atoms with van der Waals surface area (Å²) < 4.78 is 15.5. The molecular formula is C19H26N2O6.